The van der Waals surface area contributed by atoms with E-state index in [1.165, 1.54) is 18.5 Å². The zero-order valence-electron chi connectivity index (χ0n) is 18.2. The maximum atomic E-state index is 12.2. The molecule has 0 radical (unpaired) electrons. The average Bonchev–Trinajstić information content (AvgIpc) is 2.80. The van der Waals surface area contributed by atoms with Crippen LogP contribution in [0.15, 0.2) is 54.9 Å². The number of ether oxygens (including phenoxy) is 1. The topological polar surface area (TPSA) is 66.5 Å². The van der Waals surface area contributed by atoms with Gasteiger partial charge in [0.15, 0.2) is 0 Å². The standard InChI is InChI=1S/C25H34N4O2/c30-25(27-12-13-31-23-7-2-1-3-8-23)10-4-9-24-22-14-21(16-28-24)18-29(19-22)17-20-6-5-11-26-15-20/h1-3,5-8,11,15,21-22,24,28H,4,9-10,12-14,16-19H2,(H,27,30)/t21-,22+,24+/m0/s1. The molecule has 1 aromatic heterocycles. The van der Waals surface area contributed by atoms with E-state index in [0.717, 1.165) is 44.1 Å². The van der Waals surface area contributed by atoms with Gasteiger partial charge in [-0.2, -0.15) is 0 Å². The van der Waals surface area contributed by atoms with Gasteiger partial charge < -0.3 is 15.4 Å². The molecular weight excluding hydrogens is 388 g/mol. The number of piperidine rings is 2. The molecule has 6 heteroatoms. The summed E-state index contributed by atoms with van der Waals surface area (Å²) in [5, 5.41) is 6.73. The van der Waals surface area contributed by atoms with Gasteiger partial charge in [-0.25, -0.2) is 0 Å². The van der Waals surface area contributed by atoms with Crippen LogP contribution >= 0.6 is 0 Å². The quantitative estimate of drug-likeness (QED) is 0.577. The molecule has 1 aromatic carbocycles. The van der Waals surface area contributed by atoms with Gasteiger partial charge in [-0.1, -0.05) is 24.3 Å². The van der Waals surface area contributed by atoms with Gasteiger partial charge in [0.25, 0.3) is 0 Å². The first kappa shape index (κ1) is 21.8. The van der Waals surface area contributed by atoms with Gasteiger partial charge in [-0.05, 0) is 61.4 Å². The van der Waals surface area contributed by atoms with Gasteiger partial charge in [0.1, 0.15) is 12.4 Å². The fourth-order valence-corrected chi connectivity index (χ4v) is 4.94. The number of pyridine rings is 1. The SMILES string of the molecule is O=C(CCC[C@H]1NC[C@@H]2C[C@@H]1CN(Cc1cccnc1)C2)NCCOc1ccccc1. The van der Waals surface area contributed by atoms with Gasteiger partial charge in [0.2, 0.25) is 5.91 Å². The Morgan fingerprint density at radius 2 is 2.10 bits per heavy atom. The molecule has 0 spiro atoms. The van der Waals surface area contributed by atoms with E-state index in [-0.39, 0.29) is 5.91 Å². The first-order valence-corrected chi connectivity index (χ1v) is 11.6. The number of amides is 1. The number of hydrogen-bond donors (Lipinski definition) is 2. The van der Waals surface area contributed by atoms with Crippen molar-refractivity contribution in [3.8, 4) is 5.75 Å². The summed E-state index contributed by atoms with van der Waals surface area (Å²) >= 11 is 0. The van der Waals surface area contributed by atoms with Crippen LogP contribution < -0.4 is 15.4 Å². The summed E-state index contributed by atoms with van der Waals surface area (Å²) in [6.07, 6.45) is 7.69. The molecule has 166 valence electrons. The summed E-state index contributed by atoms with van der Waals surface area (Å²) in [6.45, 7) is 5.42. The van der Waals surface area contributed by atoms with E-state index in [1.807, 2.05) is 48.8 Å². The molecule has 2 bridgehead atoms. The lowest BCUT2D eigenvalue weighted by molar-refractivity contribution is -0.121. The van der Waals surface area contributed by atoms with E-state index >= 15 is 0 Å². The van der Waals surface area contributed by atoms with Gasteiger partial charge in [-0.15, -0.1) is 0 Å². The summed E-state index contributed by atoms with van der Waals surface area (Å²) in [6, 6.07) is 14.4. The maximum Gasteiger partial charge on any atom is 0.220 e. The number of nitrogens with one attached hydrogen (secondary N) is 2. The third kappa shape index (κ3) is 6.77. The van der Waals surface area contributed by atoms with E-state index in [2.05, 4.69) is 26.6 Å². The second-order valence-corrected chi connectivity index (χ2v) is 8.84. The number of para-hydroxylation sites is 1. The predicted octanol–water partition coefficient (Wildman–Crippen LogP) is 2.86. The number of carbonyl (C=O) groups excluding carboxylic acids is 1. The number of aromatic nitrogens is 1. The Morgan fingerprint density at radius 1 is 1.19 bits per heavy atom. The minimum Gasteiger partial charge on any atom is -0.492 e. The number of carbonyl (C=O) groups is 1. The number of likely N-dealkylation sites (tertiary alicyclic amines) is 1. The van der Waals surface area contributed by atoms with Crippen LogP contribution in [0.3, 0.4) is 0 Å². The Balaban J connectivity index is 1.13. The molecule has 0 aliphatic carbocycles. The van der Waals surface area contributed by atoms with Crippen LogP contribution in [0.2, 0.25) is 0 Å². The van der Waals surface area contributed by atoms with E-state index in [9.17, 15) is 4.79 Å². The van der Waals surface area contributed by atoms with Crippen molar-refractivity contribution in [3.63, 3.8) is 0 Å². The molecule has 2 aliphatic heterocycles. The van der Waals surface area contributed by atoms with Crippen molar-refractivity contribution in [2.45, 2.75) is 38.3 Å². The summed E-state index contributed by atoms with van der Waals surface area (Å²) < 4.78 is 5.62. The zero-order valence-corrected chi connectivity index (χ0v) is 18.2. The first-order chi connectivity index (χ1) is 15.3. The fourth-order valence-electron chi connectivity index (χ4n) is 4.94. The van der Waals surface area contributed by atoms with Crippen LogP contribution in [0.4, 0.5) is 0 Å². The summed E-state index contributed by atoms with van der Waals surface area (Å²) in [5.74, 6) is 2.36. The van der Waals surface area contributed by atoms with Gasteiger partial charge in [-0.3, -0.25) is 14.7 Å². The van der Waals surface area contributed by atoms with Gasteiger partial charge in [0.05, 0.1) is 6.54 Å². The van der Waals surface area contributed by atoms with Crippen molar-refractivity contribution in [1.82, 2.24) is 20.5 Å². The average molecular weight is 423 g/mol. The molecular formula is C25H34N4O2. The highest BCUT2D eigenvalue weighted by atomic mass is 16.5. The third-order valence-electron chi connectivity index (χ3n) is 6.37. The number of fused-ring (bicyclic) bond motifs is 2. The highest BCUT2D eigenvalue weighted by molar-refractivity contribution is 5.75. The largest absolute Gasteiger partial charge is 0.492 e. The normalized spacial score (nSPS) is 23.3. The molecule has 2 fully saturated rings. The molecule has 3 heterocycles. The lowest BCUT2D eigenvalue weighted by Crippen LogP contribution is -2.55. The highest BCUT2D eigenvalue weighted by Gasteiger charge is 2.36. The molecule has 3 atom stereocenters. The molecule has 31 heavy (non-hydrogen) atoms. The van der Waals surface area contributed by atoms with E-state index in [0.29, 0.717) is 31.5 Å². The molecule has 2 saturated heterocycles. The second kappa shape index (κ2) is 11.3. The van der Waals surface area contributed by atoms with Crippen molar-refractivity contribution in [2.24, 2.45) is 11.8 Å². The van der Waals surface area contributed by atoms with E-state index < -0.39 is 0 Å². The molecule has 0 unspecified atom stereocenters. The molecule has 6 nitrogen and oxygen atoms in total. The predicted molar refractivity (Wildman–Crippen MR) is 122 cm³/mol. The Hall–Kier alpha value is -2.44. The van der Waals surface area contributed by atoms with Crippen LogP contribution in [0.1, 0.15) is 31.2 Å². The monoisotopic (exact) mass is 422 g/mol. The summed E-state index contributed by atoms with van der Waals surface area (Å²) in [4.78, 5) is 19.0. The van der Waals surface area contributed by atoms with E-state index in [4.69, 9.17) is 4.74 Å². The van der Waals surface area contributed by atoms with Crippen molar-refractivity contribution in [1.29, 1.82) is 0 Å². The minimum atomic E-state index is 0.118. The van der Waals surface area contributed by atoms with Crippen molar-refractivity contribution in [2.75, 3.05) is 32.8 Å². The molecule has 0 saturated carbocycles. The third-order valence-corrected chi connectivity index (χ3v) is 6.37. The minimum absolute atomic E-state index is 0.118. The molecule has 2 N–H and O–H groups in total. The van der Waals surface area contributed by atoms with Crippen LogP contribution in [-0.4, -0.2) is 54.6 Å². The van der Waals surface area contributed by atoms with Gasteiger partial charge >= 0.3 is 0 Å². The lowest BCUT2D eigenvalue weighted by atomic mass is 9.79. The Morgan fingerprint density at radius 3 is 2.94 bits per heavy atom. The Bertz CT molecular complexity index is 802. The fraction of sp³-hybridized carbons (Fsp3) is 0.520. The summed E-state index contributed by atoms with van der Waals surface area (Å²) in [5.41, 5.74) is 1.29. The van der Waals surface area contributed by atoms with Crippen molar-refractivity contribution < 1.29 is 9.53 Å². The number of rotatable bonds is 10. The highest BCUT2D eigenvalue weighted by Crippen LogP contribution is 2.31. The van der Waals surface area contributed by atoms with Gasteiger partial charge in [0, 0.05) is 44.5 Å². The van der Waals surface area contributed by atoms with Crippen molar-refractivity contribution >= 4 is 5.91 Å². The number of benzene rings is 1. The van der Waals surface area contributed by atoms with Crippen LogP contribution in [0.5, 0.6) is 5.75 Å². The van der Waals surface area contributed by atoms with Crippen LogP contribution in [0, 0.1) is 11.8 Å². The molecule has 1 amide bonds. The van der Waals surface area contributed by atoms with E-state index in [1.54, 1.807) is 0 Å². The lowest BCUT2D eigenvalue weighted by Gasteiger charge is -2.46. The Kier molecular flexibility index (Phi) is 7.91. The number of nitrogens with zero attached hydrogens (tertiary/aromatic N) is 2. The second-order valence-electron chi connectivity index (χ2n) is 8.84. The molecule has 2 aromatic rings. The van der Waals surface area contributed by atoms with Crippen LogP contribution in [-0.2, 0) is 11.3 Å². The molecule has 4 rings (SSSR count). The maximum absolute atomic E-state index is 12.2. The number of hydrogen-bond acceptors (Lipinski definition) is 5. The van der Waals surface area contributed by atoms with Crippen LogP contribution in [0.25, 0.3) is 0 Å². The van der Waals surface area contributed by atoms with Crippen molar-refractivity contribution in [3.05, 3.63) is 60.4 Å². The Labute approximate surface area is 185 Å². The molecule has 2 aliphatic rings. The summed E-state index contributed by atoms with van der Waals surface area (Å²) in [7, 11) is 0. The zero-order chi connectivity index (χ0) is 21.3. The smallest absolute Gasteiger partial charge is 0.220 e. The first-order valence-electron chi connectivity index (χ1n) is 11.6.